The van der Waals surface area contributed by atoms with E-state index < -0.39 is 5.82 Å². The number of aromatic amines is 1. The molecule has 0 saturated carbocycles. The van der Waals surface area contributed by atoms with Crippen molar-refractivity contribution in [2.45, 2.75) is 13.3 Å². The number of aromatic nitrogens is 2. The van der Waals surface area contributed by atoms with E-state index >= 15 is 0 Å². The van der Waals surface area contributed by atoms with Crippen LogP contribution in [0.5, 0.6) is 0 Å². The number of H-pyrrole nitrogens is 1. The molecule has 0 atom stereocenters. The molecule has 0 fully saturated rings. The van der Waals surface area contributed by atoms with E-state index in [1.165, 1.54) is 30.3 Å². The minimum Gasteiger partial charge on any atom is -0.349 e. The van der Waals surface area contributed by atoms with Crippen molar-refractivity contribution < 1.29 is 19.1 Å². The van der Waals surface area contributed by atoms with Crippen LogP contribution in [0.25, 0.3) is 22.4 Å². The number of aryl methyl sites for hydroxylation is 1. The second kappa shape index (κ2) is 7.75. The smallest absolute Gasteiger partial charge is 0.327 e. The molecule has 0 unspecified atom stereocenters. The topological polar surface area (TPSA) is 98.4 Å². The molecule has 0 saturated heterocycles. The van der Waals surface area contributed by atoms with Gasteiger partial charge in [-0.2, -0.15) is 0 Å². The monoisotopic (exact) mass is 405 g/mol. The van der Waals surface area contributed by atoms with Crippen molar-refractivity contribution in [1.82, 2.24) is 4.98 Å². The number of hydrogen-bond acceptors (Lipinski definition) is 4. The van der Waals surface area contributed by atoms with Gasteiger partial charge in [0.05, 0.1) is 5.56 Å². The number of nitrogens with one attached hydrogen (secondary N) is 2. The summed E-state index contributed by atoms with van der Waals surface area (Å²) < 4.78 is 14.0. The van der Waals surface area contributed by atoms with Gasteiger partial charge < -0.3 is 10.5 Å². The van der Waals surface area contributed by atoms with E-state index in [0.717, 1.165) is 10.3 Å². The van der Waals surface area contributed by atoms with Crippen LogP contribution >= 0.6 is 0 Å². The fraction of sp³-hybridized carbons (Fsp3) is 0.0909. The molecule has 150 valence electrons. The Bertz CT molecular complexity index is 1270. The second-order valence-corrected chi connectivity index (χ2v) is 6.76. The zero-order valence-corrected chi connectivity index (χ0v) is 16.0. The Morgan fingerprint density at radius 1 is 1.13 bits per heavy atom. The molecule has 7 nitrogen and oxygen atoms in total. The quantitative estimate of drug-likeness (QED) is 0.255. The number of hydrogen-bond donors (Lipinski definition) is 3. The van der Waals surface area contributed by atoms with Crippen LogP contribution in [0.15, 0.2) is 65.8 Å². The van der Waals surface area contributed by atoms with E-state index in [1.807, 2.05) is 13.0 Å². The number of imidazole rings is 1. The molecule has 4 rings (SSSR count). The first-order valence-electron chi connectivity index (χ1n) is 9.30. The maximum Gasteiger partial charge on any atom is 0.327 e. The normalized spacial score (nSPS) is 10.9. The maximum absolute atomic E-state index is 13.1. The Morgan fingerprint density at radius 2 is 1.90 bits per heavy atom. The van der Waals surface area contributed by atoms with E-state index in [1.54, 1.807) is 24.3 Å². The average Bonchev–Trinajstić information content (AvgIpc) is 3.10. The average molecular weight is 405 g/mol. The molecular formula is C22H18FN4O3+. The molecule has 1 heterocycles. The summed E-state index contributed by atoms with van der Waals surface area (Å²) in [5.41, 5.74) is 3.82. The summed E-state index contributed by atoms with van der Waals surface area (Å²) >= 11 is 0. The summed E-state index contributed by atoms with van der Waals surface area (Å²) in [6.07, 6.45) is 0.637. The van der Waals surface area contributed by atoms with Gasteiger partial charge in [0.1, 0.15) is 11.5 Å². The molecule has 8 heteroatoms. The fourth-order valence-corrected chi connectivity index (χ4v) is 3.30. The summed E-state index contributed by atoms with van der Waals surface area (Å²) in [6, 6.07) is 15.4. The number of nitroso groups, excluding NO2 is 1. The molecule has 0 aliphatic carbocycles. The van der Waals surface area contributed by atoms with Crippen LogP contribution in [-0.4, -0.2) is 16.1 Å². The first-order valence-corrected chi connectivity index (χ1v) is 9.30. The van der Waals surface area contributed by atoms with Gasteiger partial charge in [0, 0.05) is 17.3 Å². The number of benzene rings is 3. The van der Waals surface area contributed by atoms with Gasteiger partial charge in [0.25, 0.3) is 5.91 Å². The summed E-state index contributed by atoms with van der Waals surface area (Å²) in [5.74, 6) is -0.315. The van der Waals surface area contributed by atoms with Crippen LogP contribution in [0.1, 0.15) is 22.8 Å². The largest absolute Gasteiger partial charge is 0.349 e. The van der Waals surface area contributed by atoms with E-state index in [0.29, 0.717) is 40.1 Å². The molecule has 0 bridgehead atoms. The highest BCUT2D eigenvalue weighted by molar-refractivity contribution is 6.04. The number of anilines is 1. The van der Waals surface area contributed by atoms with Crippen LogP contribution in [0, 0.1) is 10.7 Å². The molecule has 1 aromatic heterocycles. The Morgan fingerprint density at radius 3 is 2.60 bits per heavy atom. The van der Waals surface area contributed by atoms with Crippen molar-refractivity contribution in [2.75, 3.05) is 5.32 Å². The summed E-state index contributed by atoms with van der Waals surface area (Å²) in [6.45, 7) is 1.95. The van der Waals surface area contributed by atoms with E-state index in [4.69, 9.17) is 0 Å². The molecule has 3 N–H and O–H groups in total. The third-order valence-electron chi connectivity index (χ3n) is 4.89. The Labute approximate surface area is 170 Å². The van der Waals surface area contributed by atoms with Crippen LogP contribution < -0.4 is 10.0 Å². The molecule has 3 aromatic carbocycles. The summed E-state index contributed by atoms with van der Waals surface area (Å²) in [7, 11) is 0. The molecule has 0 aliphatic rings. The number of fused-ring (bicyclic) bond motifs is 1. The minimum absolute atomic E-state index is 0.212. The second-order valence-electron chi connectivity index (χ2n) is 6.76. The molecule has 0 radical (unpaired) electrons. The number of amides is 1. The lowest BCUT2D eigenvalue weighted by Gasteiger charge is -2.11. The summed E-state index contributed by atoms with van der Waals surface area (Å²) in [5, 5.41) is 16.3. The maximum atomic E-state index is 13.1. The van der Waals surface area contributed by atoms with Gasteiger partial charge >= 0.3 is 5.82 Å². The van der Waals surface area contributed by atoms with Gasteiger partial charge in [-0.25, -0.2) is 9.37 Å². The summed E-state index contributed by atoms with van der Waals surface area (Å²) in [4.78, 5) is 26.3. The van der Waals surface area contributed by atoms with E-state index in [9.17, 15) is 19.3 Å². The van der Waals surface area contributed by atoms with Crippen molar-refractivity contribution in [2.24, 2.45) is 5.18 Å². The highest BCUT2D eigenvalue weighted by Crippen LogP contribution is 2.26. The Kier molecular flexibility index (Phi) is 4.97. The molecule has 0 aliphatic heterocycles. The number of nitrogens with zero attached hydrogens (tertiary/aromatic N) is 2. The number of rotatable bonds is 5. The molecular weight excluding hydrogens is 387 g/mol. The molecule has 30 heavy (non-hydrogen) atoms. The van der Waals surface area contributed by atoms with Crippen LogP contribution in [0.4, 0.5) is 15.8 Å². The first kappa shape index (κ1) is 19.3. The van der Waals surface area contributed by atoms with Crippen LogP contribution in [0.2, 0.25) is 0 Å². The van der Waals surface area contributed by atoms with Crippen molar-refractivity contribution in [3.05, 3.63) is 82.5 Å². The van der Waals surface area contributed by atoms with Gasteiger partial charge in [-0.15, -0.1) is 4.91 Å². The predicted octanol–water partition coefficient (Wildman–Crippen LogP) is 4.71. The van der Waals surface area contributed by atoms with Crippen LogP contribution in [0.3, 0.4) is 0 Å². The van der Waals surface area contributed by atoms with Crippen molar-refractivity contribution in [1.29, 1.82) is 0 Å². The van der Waals surface area contributed by atoms with Crippen molar-refractivity contribution >= 4 is 28.3 Å². The molecule has 0 spiro atoms. The standard InChI is InChI=1S/C22H17FN4O3/c1-2-13-11-15(21-24-19-10-8-17(26-29)12-20(19)27(21)30)5-9-18(13)25-22(28)14-3-6-16(23)7-4-14/h3-12,30H,2H2,1H3,(H,24,25,28,29)/p+1. The molecule has 4 aromatic rings. The SMILES string of the molecule is CCc1cc(-c2[nH]c3ccc(N=O)cc3[n+]2O)ccc1NC(=O)c1ccc(F)cc1. The fourth-order valence-electron chi connectivity index (χ4n) is 3.30. The third-order valence-corrected chi connectivity index (χ3v) is 4.89. The molecule has 1 amide bonds. The van der Waals surface area contributed by atoms with Gasteiger partial charge in [-0.3, -0.25) is 4.79 Å². The highest BCUT2D eigenvalue weighted by atomic mass is 19.1. The van der Waals surface area contributed by atoms with E-state index in [-0.39, 0.29) is 11.6 Å². The van der Waals surface area contributed by atoms with Crippen molar-refractivity contribution in [3.63, 3.8) is 0 Å². The van der Waals surface area contributed by atoms with E-state index in [2.05, 4.69) is 15.5 Å². The van der Waals surface area contributed by atoms with Crippen molar-refractivity contribution in [3.8, 4) is 11.4 Å². The number of carbonyl (C=O) groups is 1. The minimum atomic E-state index is -0.406. The van der Waals surface area contributed by atoms with Crippen LogP contribution in [-0.2, 0) is 6.42 Å². The van der Waals surface area contributed by atoms with Gasteiger partial charge in [0.15, 0.2) is 5.52 Å². The van der Waals surface area contributed by atoms with Gasteiger partial charge in [-0.05, 0) is 76.5 Å². The Hall–Kier alpha value is -4.07. The number of carbonyl (C=O) groups excluding carboxylic acids is 1. The number of halogens is 1. The van der Waals surface area contributed by atoms with Gasteiger partial charge in [-0.1, -0.05) is 6.92 Å². The highest BCUT2D eigenvalue weighted by Gasteiger charge is 2.22. The predicted molar refractivity (Wildman–Crippen MR) is 110 cm³/mol. The van der Waals surface area contributed by atoms with Gasteiger partial charge in [0.2, 0.25) is 5.52 Å². The first-order chi connectivity index (χ1) is 14.5. The zero-order chi connectivity index (χ0) is 21.3. The third kappa shape index (κ3) is 3.50. The Balaban J connectivity index is 1.68. The lowest BCUT2D eigenvalue weighted by atomic mass is 10.1. The zero-order valence-electron chi connectivity index (χ0n) is 16.0. The lowest BCUT2D eigenvalue weighted by Crippen LogP contribution is -2.31. The lowest BCUT2D eigenvalue weighted by molar-refractivity contribution is -0.875.